The fourth-order valence-electron chi connectivity index (χ4n) is 3.67. The molecule has 0 bridgehead atoms. The molecule has 2 aromatic rings. The Morgan fingerprint density at radius 2 is 1.85 bits per heavy atom. The Kier molecular flexibility index (Phi) is 5.42. The summed E-state index contributed by atoms with van der Waals surface area (Å²) >= 11 is 0. The number of aliphatic imine (C=N–C) groups is 1. The van der Waals surface area contributed by atoms with Gasteiger partial charge in [-0.15, -0.1) is 17.0 Å². The van der Waals surface area contributed by atoms with Crippen LogP contribution in [0.2, 0.25) is 0 Å². The molecule has 5 heteroatoms. The van der Waals surface area contributed by atoms with Crippen molar-refractivity contribution in [1.29, 1.82) is 0 Å². The molecule has 0 atom stereocenters. The summed E-state index contributed by atoms with van der Waals surface area (Å²) in [7, 11) is 2.03. The van der Waals surface area contributed by atoms with Crippen LogP contribution in [0.4, 0.5) is 5.69 Å². The van der Waals surface area contributed by atoms with Crippen molar-refractivity contribution >= 4 is 39.9 Å². The summed E-state index contributed by atoms with van der Waals surface area (Å²) in [5.74, 6) is 0.809. The molecule has 0 fully saturated rings. The second kappa shape index (κ2) is 7.61. The van der Waals surface area contributed by atoms with Crippen LogP contribution in [0.5, 0.6) is 5.75 Å². The van der Waals surface area contributed by atoms with E-state index in [-0.39, 0.29) is 22.8 Å². The Morgan fingerprint density at radius 1 is 1.15 bits per heavy atom. The number of hydrogen-bond donors (Lipinski definition) is 0. The highest BCUT2D eigenvalue weighted by atomic mass is 79.9. The normalized spacial score (nSPS) is 15.0. The van der Waals surface area contributed by atoms with Crippen molar-refractivity contribution in [3.63, 3.8) is 0 Å². The summed E-state index contributed by atoms with van der Waals surface area (Å²) in [6.45, 7) is 4.99. The van der Waals surface area contributed by atoms with Gasteiger partial charge in [0, 0.05) is 22.8 Å². The number of hydrogen-bond acceptors (Lipinski definition) is 3. The lowest BCUT2D eigenvalue weighted by Crippen LogP contribution is -2.27. The van der Waals surface area contributed by atoms with Gasteiger partial charge in [-0.1, -0.05) is 12.1 Å². The smallest absolute Gasteiger partial charge is 0.235 e. The van der Waals surface area contributed by atoms with Crippen molar-refractivity contribution in [2.75, 3.05) is 20.2 Å². The number of allylic oxidation sites excluding steroid dienone is 1. The van der Waals surface area contributed by atoms with E-state index in [0.717, 1.165) is 39.6 Å². The Balaban J connectivity index is 0.00000210. The zero-order valence-corrected chi connectivity index (χ0v) is 17.4. The number of rotatable bonds is 4. The molecule has 0 saturated carbocycles. The lowest BCUT2D eigenvalue weighted by molar-refractivity contribution is -0.400. The van der Waals surface area contributed by atoms with E-state index in [1.807, 2.05) is 57.3 Å². The molecule has 0 N–H and O–H groups in total. The third kappa shape index (κ3) is 3.16. The Bertz CT molecular complexity index is 1000. The van der Waals surface area contributed by atoms with E-state index >= 15 is 0 Å². The average Bonchev–Trinajstić information content (AvgIpc) is 2.96. The third-order valence-electron chi connectivity index (χ3n) is 4.98. The number of ether oxygens (including phenoxy) is 1. The molecule has 2 aromatic carbocycles. The Morgan fingerprint density at radius 3 is 2.56 bits per heavy atom. The number of para-hydroxylation sites is 1. The van der Waals surface area contributed by atoms with Gasteiger partial charge in [0.25, 0.3) is 0 Å². The molecule has 0 radical (unpaired) electrons. The molecule has 0 spiro atoms. The van der Waals surface area contributed by atoms with Gasteiger partial charge in [-0.2, -0.15) is 4.58 Å². The first-order valence-corrected chi connectivity index (χ1v) is 8.84. The first-order chi connectivity index (χ1) is 12.6. The number of benzene rings is 2. The number of nitrogens with zero attached hydrogens (tertiary/aromatic N) is 2. The maximum Gasteiger partial charge on any atom is 0.235 e. The van der Waals surface area contributed by atoms with E-state index in [2.05, 4.69) is 16.7 Å². The monoisotopic (exact) mass is 425 g/mol. The maximum absolute atomic E-state index is 13.0. The van der Waals surface area contributed by atoms with Gasteiger partial charge in [0.1, 0.15) is 18.5 Å². The van der Waals surface area contributed by atoms with Crippen molar-refractivity contribution in [1.82, 2.24) is 0 Å². The molecule has 0 amide bonds. The topological polar surface area (TPSA) is 41.7 Å². The molecule has 4 rings (SSSR count). The minimum atomic E-state index is 0. The summed E-state index contributed by atoms with van der Waals surface area (Å²) in [6.07, 6.45) is 0. The van der Waals surface area contributed by atoms with E-state index in [0.29, 0.717) is 18.7 Å². The number of ketones is 1. The minimum absolute atomic E-state index is 0. The number of Topliss-reactive ketones (excluding diaryl/α,β-unsaturated/α-hetero) is 1. The van der Waals surface area contributed by atoms with Gasteiger partial charge in [0.05, 0.1) is 18.7 Å². The standard InChI is InChI=1S/C22H21N2O2.BrH/c1-4-26-16-11-9-15(10-12-16)22(25)18-13-23-20-17-7-5-6-8-19(17)24(3)21(20)14(18)2;/h5-12H,4,13H2,1-3H3;1H/q+1;. The molecule has 138 valence electrons. The SMILES string of the molecule is Br.CCOc1ccc(C(=O)C2=C(C)C3=[N+](C)c4ccccc4C3=NC2)cc1. The first-order valence-electron chi connectivity index (χ1n) is 8.84. The van der Waals surface area contributed by atoms with Crippen molar-refractivity contribution in [2.24, 2.45) is 4.99 Å². The van der Waals surface area contributed by atoms with Crippen molar-refractivity contribution in [2.45, 2.75) is 13.8 Å². The van der Waals surface area contributed by atoms with Gasteiger partial charge in [-0.3, -0.25) is 9.79 Å². The van der Waals surface area contributed by atoms with E-state index in [9.17, 15) is 4.79 Å². The molecular formula is C22H22BrN2O2+. The van der Waals surface area contributed by atoms with Gasteiger partial charge >= 0.3 is 0 Å². The van der Waals surface area contributed by atoms with Gasteiger partial charge in [-0.25, -0.2) is 0 Å². The molecule has 2 aliphatic heterocycles. The van der Waals surface area contributed by atoms with Crippen LogP contribution in [0.25, 0.3) is 0 Å². The summed E-state index contributed by atoms with van der Waals surface area (Å²) in [5, 5.41) is 0. The first kappa shape index (κ1) is 19.2. The van der Waals surface area contributed by atoms with Crippen molar-refractivity contribution in [3.8, 4) is 5.75 Å². The molecule has 0 unspecified atom stereocenters. The molecule has 2 aliphatic rings. The van der Waals surface area contributed by atoms with Crippen LogP contribution >= 0.6 is 17.0 Å². The van der Waals surface area contributed by atoms with E-state index in [1.54, 1.807) is 0 Å². The minimum Gasteiger partial charge on any atom is -0.494 e. The van der Waals surface area contributed by atoms with Gasteiger partial charge in [-0.05, 0) is 44.2 Å². The fourth-order valence-corrected chi connectivity index (χ4v) is 3.67. The lowest BCUT2D eigenvalue weighted by atomic mass is 9.91. The van der Waals surface area contributed by atoms with E-state index < -0.39 is 0 Å². The van der Waals surface area contributed by atoms with Crippen LogP contribution in [0.15, 0.2) is 64.7 Å². The van der Waals surface area contributed by atoms with Crippen LogP contribution in [0.1, 0.15) is 29.8 Å². The summed E-state index contributed by atoms with van der Waals surface area (Å²) in [5.41, 5.74) is 6.73. The highest BCUT2D eigenvalue weighted by molar-refractivity contribution is 8.93. The van der Waals surface area contributed by atoms with Crippen LogP contribution in [-0.2, 0) is 0 Å². The number of carbonyl (C=O) groups excluding carboxylic acids is 1. The van der Waals surface area contributed by atoms with E-state index in [4.69, 9.17) is 9.73 Å². The van der Waals surface area contributed by atoms with Gasteiger partial charge in [0.2, 0.25) is 11.4 Å². The summed E-state index contributed by atoms with van der Waals surface area (Å²) < 4.78 is 7.59. The number of fused-ring (bicyclic) bond motifs is 3. The Hall–Kier alpha value is -2.53. The zero-order chi connectivity index (χ0) is 18.3. The number of carbonyl (C=O) groups is 1. The fraction of sp³-hybridized carbons (Fsp3) is 0.227. The quantitative estimate of drug-likeness (QED) is 0.538. The molecule has 0 saturated heterocycles. The number of halogens is 1. The molecule has 4 nitrogen and oxygen atoms in total. The van der Waals surface area contributed by atoms with Crippen molar-refractivity contribution < 1.29 is 14.1 Å². The number of dihydropyridines is 1. The van der Waals surface area contributed by atoms with Gasteiger partial charge < -0.3 is 4.74 Å². The third-order valence-corrected chi connectivity index (χ3v) is 4.98. The maximum atomic E-state index is 13.0. The highest BCUT2D eigenvalue weighted by Crippen LogP contribution is 2.31. The van der Waals surface area contributed by atoms with Crippen LogP contribution < -0.4 is 4.74 Å². The summed E-state index contributed by atoms with van der Waals surface area (Å²) in [6, 6.07) is 15.6. The molecule has 0 aromatic heterocycles. The predicted molar refractivity (Wildman–Crippen MR) is 114 cm³/mol. The Labute approximate surface area is 169 Å². The van der Waals surface area contributed by atoms with E-state index in [1.165, 1.54) is 0 Å². The highest BCUT2D eigenvalue weighted by Gasteiger charge is 2.38. The predicted octanol–water partition coefficient (Wildman–Crippen LogP) is 4.39. The van der Waals surface area contributed by atoms with Crippen LogP contribution in [0, 0.1) is 0 Å². The van der Waals surface area contributed by atoms with Crippen LogP contribution in [0.3, 0.4) is 0 Å². The molecular weight excluding hydrogens is 404 g/mol. The van der Waals surface area contributed by atoms with Crippen molar-refractivity contribution in [3.05, 3.63) is 70.8 Å². The van der Waals surface area contributed by atoms with Gasteiger partial charge in [0.15, 0.2) is 5.78 Å². The van der Waals surface area contributed by atoms with Crippen LogP contribution in [-0.4, -0.2) is 42.0 Å². The molecule has 27 heavy (non-hydrogen) atoms. The second-order valence-electron chi connectivity index (χ2n) is 6.48. The average molecular weight is 426 g/mol. The largest absolute Gasteiger partial charge is 0.494 e. The molecule has 2 heterocycles. The lowest BCUT2D eigenvalue weighted by Gasteiger charge is -2.14. The second-order valence-corrected chi connectivity index (χ2v) is 6.48. The zero-order valence-electron chi connectivity index (χ0n) is 15.7. The summed E-state index contributed by atoms with van der Waals surface area (Å²) in [4.78, 5) is 17.8. The molecule has 0 aliphatic carbocycles.